The Balaban J connectivity index is 2.07. The number of benzene rings is 2. The maximum Gasteiger partial charge on any atom is 0.242 e. The standard InChI is InChI=1S/C24H31BrN2O2S/c1-5-18(3)26-24(29)19(4)27(14-20-9-11-22(25)12-10-20)23(28)16-30-15-21-8-6-7-17(2)13-21/h6-13,18-19H,5,14-16H2,1-4H3,(H,26,29). The minimum atomic E-state index is -0.533. The molecule has 6 heteroatoms. The van der Waals surface area contributed by atoms with Crippen LogP contribution in [0.25, 0.3) is 0 Å². The van der Waals surface area contributed by atoms with Gasteiger partial charge in [0.05, 0.1) is 5.75 Å². The number of hydrogen-bond acceptors (Lipinski definition) is 3. The average molecular weight is 491 g/mol. The molecule has 4 nitrogen and oxygen atoms in total. The summed E-state index contributed by atoms with van der Waals surface area (Å²) < 4.78 is 0.986. The first-order valence-corrected chi connectivity index (χ1v) is 12.2. The van der Waals surface area contributed by atoms with Crippen LogP contribution in [0.3, 0.4) is 0 Å². The minimum Gasteiger partial charge on any atom is -0.352 e. The third-order valence-corrected chi connectivity index (χ3v) is 6.53. The maximum atomic E-state index is 13.1. The van der Waals surface area contributed by atoms with Crippen LogP contribution < -0.4 is 5.32 Å². The van der Waals surface area contributed by atoms with E-state index in [4.69, 9.17) is 0 Å². The van der Waals surface area contributed by atoms with Crippen LogP contribution in [0.1, 0.15) is 43.9 Å². The molecule has 0 heterocycles. The second kappa shape index (κ2) is 12.2. The van der Waals surface area contributed by atoms with E-state index in [1.165, 1.54) is 11.1 Å². The zero-order chi connectivity index (χ0) is 22.1. The number of carbonyl (C=O) groups excluding carboxylic acids is 2. The van der Waals surface area contributed by atoms with Crippen molar-refractivity contribution in [2.45, 2.75) is 58.5 Å². The highest BCUT2D eigenvalue weighted by Crippen LogP contribution is 2.18. The average Bonchev–Trinajstić information content (AvgIpc) is 2.72. The van der Waals surface area contributed by atoms with Gasteiger partial charge < -0.3 is 10.2 Å². The number of hydrogen-bond donors (Lipinski definition) is 1. The number of thioether (sulfide) groups is 1. The summed E-state index contributed by atoms with van der Waals surface area (Å²) in [5.74, 6) is 0.971. The Morgan fingerprint density at radius 1 is 1.10 bits per heavy atom. The number of rotatable bonds is 10. The molecule has 162 valence electrons. The molecule has 0 aliphatic heterocycles. The second-order valence-electron chi connectivity index (χ2n) is 7.62. The van der Waals surface area contributed by atoms with E-state index in [0.29, 0.717) is 12.3 Å². The number of halogens is 1. The van der Waals surface area contributed by atoms with E-state index >= 15 is 0 Å². The summed E-state index contributed by atoms with van der Waals surface area (Å²) in [5.41, 5.74) is 3.42. The molecule has 0 bridgehead atoms. The van der Waals surface area contributed by atoms with Crippen LogP contribution in [0.15, 0.2) is 53.0 Å². The summed E-state index contributed by atoms with van der Waals surface area (Å²) in [6.07, 6.45) is 0.853. The van der Waals surface area contributed by atoms with Crippen molar-refractivity contribution in [3.05, 3.63) is 69.7 Å². The first-order chi connectivity index (χ1) is 14.3. The molecule has 2 amide bonds. The summed E-state index contributed by atoms with van der Waals surface area (Å²) in [5, 5.41) is 3.00. The van der Waals surface area contributed by atoms with Crippen LogP contribution in [0.4, 0.5) is 0 Å². The molecular formula is C24H31BrN2O2S. The van der Waals surface area contributed by atoms with Gasteiger partial charge in [-0.1, -0.05) is 64.8 Å². The van der Waals surface area contributed by atoms with Gasteiger partial charge in [-0.05, 0) is 50.5 Å². The van der Waals surface area contributed by atoms with Gasteiger partial charge >= 0.3 is 0 Å². The fourth-order valence-electron chi connectivity index (χ4n) is 2.98. The number of amides is 2. The summed E-state index contributed by atoms with van der Waals surface area (Å²) in [7, 11) is 0. The highest BCUT2D eigenvalue weighted by Gasteiger charge is 2.26. The minimum absolute atomic E-state index is 0.0256. The predicted octanol–water partition coefficient (Wildman–Crippen LogP) is 5.32. The normalized spacial score (nSPS) is 12.8. The lowest BCUT2D eigenvalue weighted by Gasteiger charge is -2.29. The van der Waals surface area contributed by atoms with Crippen LogP contribution in [-0.4, -0.2) is 34.6 Å². The molecule has 0 saturated carbocycles. The van der Waals surface area contributed by atoms with Crippen LogP contribution in [0.5, 0.6) is 0 Å². The molecule has 0 aromatic heterocycles. The fourth-order valence-corrected chi connectivity index (χ4v) is 4.10. The van der Waals surface area contributed by atoms with Crippen molar-refractivity contribution >= 4 is 39.5 Å². The molecule has 0 saturated heterocycles. The van der Waals surface area contributed by atoms with Crippen molar-refractivity contribution in [1.29, 1.82) is 0 Å². The predicted molar refractivity (Wildman–Crippen MR) is 129 cm³/mol. The van der Waals surface area contributed by atoms with Gasteiger partial charge in [0.15, 0.2) is 0 Å². The molecule has 0 aliphatic carbocycles. The van der Waals surface area contributed by atoms with Gasteiger partial charge in [0.1, 0.15) is 6.04 Å². The monoisotopic (exact) mass is 490 g/mol. The highest BCUT2D eigenvalue weighted by atomic mass is 79.9. The lowest BCUT2D eigenvalue weighted by molar-refractivity contribution is -0.138. The Bertz CT molecular complexity index is 841. The molecule has 2 aromatic rings. The zero-order valence-electron chi connectivity index (χ0n) is 18.2. The van der Waals surface area contributed by atoms with Gasteiger partial charge in [-0.25, -0.2) is 0 Å². The third kappa shape index (κ3) is 7.80. The summed E-state index contributed by atoms with van der Waals surface area (Å²) in [4.78, 5) is 27.5. The van der Waals surface area contributed by atoms with Crippen LogP contribution in [0.2, 0.25) is 0 Å². The topological polar surface area (TPSA) is 49.4 Å². The number of carbonyl (C=O) groups is 2. The molecule has 2 rings (SSSR count). The molecule has 0 aliphatic rings. The first kappa shape index (κ1) is 24.5. The van der Waals surface area contributed by atoms with Gasteiger partial charge in [0.2, 0.25) is 11.8 Å². The van der Waals surface area contributed by atoms with Crippen LogP contribution in [-0.2, 0) is 21.9 Å². The number of aryl methyl sites for hydroxylation is 1. The molecule has 2 unspecified atom stereocenters. The van der Waals surface area contributed by atoms with E-state index < -0.39 is 6.04 Å². The third-order valence-electron chi connectivity index (χ3n) is 5.01. The van der Waals surface area contributed by atoms with Crippen molar-refractivity contribution in [3.8, 4) is 0 Å². The molecule has 30 heavy (non-hydrogen) atoms. The van der Waals surface area contributed by atoms with Gasteiger partial charge in [0.25, 0.3) is 0 Å². The fraction of sp³-hybridized carbons (Fsp3) is 0.417. The highest BCUT2D eigenvalue weighted by molar-refractivity contribution is 9.10. The van der Waals surface area contributed by atoms with Gasteiger partial charge in [0, 0.05) is 22.8 Å². The Morgan fingerprint density at radius 3 is 2.43 bits per heavy atom. The van der Waals surface area contributed by atoms with E-state index in [0.717, 1.165) is 22.2 Å². The second-order valence-corrected chi connectivity index (χ2v) is 9.53. The van der Waals surface area contributed by atoms with E-state index in [2.05, 4.69) is 46.4 Å². The molecule has 2 aromatic carbocycles. The Labute approximate surface area is 192 Å². The Hall–Kier alpha value is -1.79. The zero-order valence-corrected chi connectivity index (χ0v) is 20.6. The van der Waals surface area contributed by atoms with E-state index in [9.17, 15) is 9.59 Å². The largest absolute Gasteiger partial charge is 0.352 e. The lowest BCUT2D eigenvalue weighted by Crippen LogP contribution is -2.50. The van der Waals surface area contributed by atoms with Crippen molar-refractivity contribution in [2.24, 2.45) is 0 Å². The molecule has 0 radical (unpaired) electrons. The molecular weight excluding hydrogens is 460 g/mol. The molecule has 1 N–H and O–H groups in total. The maximum absolute atomic E-state index is 13.1. The van der Waals surface area contributed by atoms with E-state index in [1.807, 2.05) is 44.2 Å². The van der Waals surface area contributed by atoms with Crippen molar-refractivity contribution in [3.63, 3.8) is 0 Å². The number of nitrogens with zero attached hydrogens (tertiary/aromatic N) is 1. The Kier molecular flexibility index (Phi) is 9.92. The summed E-state index contributed by atoms with van der Waals surface area (Å²) in [6.45, 7) is 8.29. The summed E-state index contributed by atoms with van der Waals surface area (Å²) >= 11 is 5.02. The lowest BCUT2D eigenvalue weighted by atomic mass is 10.1. The quantitative estimate of drug-likeness (QED) is 0.489. The van der Waals surface area contributed by atoms with Crippen LogP contribution >= 0.6 is 27.7 Å². The smallest absolute Gasteiger partial charge is 0.242 e. The van der Waals surface area contributed by atoms with Gasteiger partial charge in [-0.3, -0.25) is 9.59 Å². The van der Waals surface area contributed by atoms with Crippen molar-refractivity contribution in [2.75, 3.05) is 5.75 Å². The van der Waals surface area contributed by atoms with Gasteiger partial charge in [-0.15, -0.1) is 11.8 Å². The van der Waals surface area contributed by atoms with E-state index in [1.54, 1.807) is 23.6 Å². The van der Waals surface area contributed by atoms with E-state index in [-0.39, 0.29) is 17.9 Å². The molecule has 0 spiro atoms. The van der Waals surface area contributed by atoms with Crippen molar-refractivity contribution in [1.82, 2.24) is 10.2 Å². The molecule has 2 atom stereocenters. The van der Waals surface area contributed by atoms with Crippen LogP contribution in [0, 0.1) is 6.92 Å². The molecule has 0 fully saturated rings. The SMILES string of the molecule is CCC(C)NC(=O)C(C)N(Cc1ccc(Br)cc1)C(=O)CSCc1cccc(C)c1. The van der Waals surface area contributed by atoms with Crippen molar-refractivity contribution < 1.29 is 9.59 Å². The Morgan fingerprint density at radius 2 is 1.80 bits per heavy atom. The van der Waals surface area contributed by atoms with Gasteiger partial charge in [-0.2, -0.15) is 0 Å². The number of nitrogens with one attached hydrogen (secondary N) is 1. The first-order valence-electron chi connectivity index (χ1n) is 10.3. The summed E-state index contributed by atoms with van der Waals surface area (Å²) in [6, 6.07) is 15.7.